The molecule has 0 saturated heterocycles. The molecule has 2 aromatic heterocycles. The monoisotopic (exact) mass is 265 g/mol. The van der Waals surface area contributed by atoms with Gasteiger partial charge in [0.05, 0.1) is 6.20 Å². The average Bonchev–Trinajstić information content (AvgIpc) is 2.76. The van der Waals surface area contributed by atoms with Gasteiger partial charge in [-0.15, -0.1) is 0 Å². The Morgan fingerprint density at radius 3 is 2.72 bits per heavy atom. The maximum atomic E-state index is 6.08. The van der Waals surface area contributed by atoms with Gasteiger partial charge in [-0.25, -0.2) is 9.97 Å². The number of hydrogen-bond donors (Lipinski definition) is 2. The third-order valence-electron chi connectivity index (χ3n) is 2.83. The lowest BCUT2D eigenvalue weighted by Crippen LogP contribution is -2.07. The van der Waals surface area contributed by atoms with Crippen LogP contribution in [0.1, 0.15) is 29.6 Å². The zero-order chi connectivity index (χ0) is 13.1. The van der Waals surface area contributed by atoms with Gasteiger partial charge in [-0.1, -0.05) is 18.5 Å². The highest BCUT2D eigenvalue weighted by atomic mass is 35.5. The molecule has 2 aromatic rings. The third kappa shape index (κ3) is 2.61. The molecular weight excluding hydrogens is 250 g/mol. The van der Waals surface area contributed by atoms with Crippen LogP contribution in [0.2, 0.25) is 5.15 Å². The van der Waals surface area contributed by atoms with Crippen molar-refractivity contribution in [3.05, 3.63) is 34.0 Å². The summed E-state index contributed by atoms with van der Waals surface area (Å²) in [6.45, 7) is 6.57. The van der Waals surface area contributed by atoms with E-state index in [-0.39, 0.29) is 0 Å². The summed E-state index contributed by atoms with van der Waals surface area (Å²) in [6.07, 6.45) is 2.57. The zero-order valence-electron chi connectivity index (χ0n) is 10.7. The Morgan fingerprint density at radius 1 is 1.33 bits per heavy atom. The number of nitrogens with zero attached hydrogens (tertiary/aromatic N) is 3. The van der Waals surface area contributed by atoms with Gasteiger partial charge in [0.15, 0.2) is 0 Å². The lowest BCUT2D eigenvalue weighted by molar-refractivity contribution is 0.922. The average molecular weight is 266 g/mol. The van der Waals surface area contributed by atoms with Gasteiger partial charge in [0, 0.05) is 29.8 Å². The van der Waals surface area contributed by atoms with Crippen LogP contribution in [-0.4, -0.2) is 20.2 Å². The quantitative estimate of drug-likeness (QED) is 0.834. The largest absolute Gasteiger partial charge is 0.365 e. The van der Waals surface area contributed by atoms with E-state index in [0.717, 1.165) is 34.9 Å². The molecule has 6 heteroatoms. The molecule has 5 nitrogen and oxygen atoms in total. The van der Waals surface area contributed by atoms with Gasteiger partial charge in [-0.05, 0) is 13.8 Å². The molecule has 0 aliphatic heterocycles. The number of rotatable bonds is 4. The summed E-state index contributed by atoms with van der Waals surface area (Å²) in [5, 5.41) is 10.7. The number of aryl methyl sites for hydroxylation is 2. The van der Waals surface area contributed by atoms with Crippen LogP contribution in [0.4, 0.5) is 5.82 Å². The van der Waals surface area contributed by atoms with E-state index in [1.807, 2.05) is 20.8 Å². The van der Waals surface area contributed by atoms with E-state index < -0.39 is 0 Å². The van der Waals surface area contributed by atoms with E-state index in [0.29, 0.717) is 11.7 Å². The van der Waals surface area contributed by atoms with E-state index in [4.69, 9.17) is 11.6 Å². The van der Waals surface area contributed by atoms with Crippen LogP contribution >= 0.6 is 11.6 Å². The van der Waals surface area contributed by atoms with Gasteiger partial charge in [-0.3, -0.25) is 5.10 Å². The highest BCUT2D eigenvalue weighted by Crippen LogP contribution is 2.20. The Hall–Kier alpha value is -1.62. The molecule has 96 valence electrons. The topological polar surface area (TPSA) is 66.5 Å². The summed E-state index contributed by atoms with van der Waals surface area (Å²) in [5.74, 6) is 1.53. The van der Waals surface area contributed by atoms with Crippen molar-refractivity contribution < 1.29 is 0 Å². The summed E-state index contributed by atoms with van der Waals surface area (Å²) in [6, 6.07) is 0. The number of aromatic nitrogens is 4. The van der Waals surface area contributed by atoms with Gasteiger partial charge in [0.2, 0.25) is 0 Å². The van der Waals surface area contributed by atoms with Crippen LogP contribution < -0.4 is 5.32 Å². The Morgan fingerprint density at radius 2 is 2.11 bits per heavy atom. The Kier molecular flexibility index (Phi) is 3.81. The zero-order valence-corrected chi connectivity index (χ0v) is 11.5. The predicted molar refractivity (Wildman–Crippen MR) is 71.8 cm³/mol. The fourth-order valence-corrected chi connectivity index (χ4v) is 1.78. The first-order valence-electron chi connectivity index (χ1n) is 5.87. The van der Waals surface area contributed by atoms with Gasteiger partial charge in [0.25, 0.3) is 0 Å². The molecule has 0 aromatic carbocycles. The SMILES string of the molecule is CCc1nc(Cl)c(C)c(NCc2cn[nH]c2C)n1. The smallest absolute Gasteiger partial charge is 0.137 e. The summed E-state index contributed by atoms with van der Waals surface area (Å²) in [7, 11) is 0. The molecule has 0 saturated carbocycles. The fraction of sp³-hybridized carbons (Fsp3) is 0.417. The molecule has 0 atom stereocenters. The molecule has 0 radical (unpaired) electrons. The molecule has 2 N–H and O–H groups in total. The number of anilines is 1. The van der Waals surface area contributed by atoms with Crippen LogP contribution in [-0.2, 0) is 13.0 Å². The molecule has 0 fully saturated rings. The minimum atomic E-state index is 0.508. The number of hydrogen-bond acceptors (Lipinski definition) is 4. The highest BCUT2D eigenvalue weighted by Gasteiger charge is 2.09. The van der Waals surface area contributed by atoms with Crippen LogP contribution in [0.25, 0.3) is 0 Å². The molecule has 0 aliphatic rings. The maximum absolute atomic E-state index is 6.08. The standard InChI is InChI=1S/C12H16ClN5/c1-4-10-16-11(13)7(2)12(17-10)14-5-9-6-15-18-8(9)3/h6H,4-5H2,1-3H3,(H,15,18)(H,14,16,17). The first kappa shape index (κ1) is 12.8. The van der Waals surface area contributed by atoms with Crippen molar-refractivity contribution in [3.63, 3.8) is 0 Å². The first-order valence-corrected chi connectivity index (χ1v) is 6.25. The van der Waals surface area contributed by atoms with Crippen LogP contribution in [0.3, 0.4) is 0 Å². The van der Waals surface area contributed by atoms with Crippen molar-refractivity contribution in [2.45, 2.75) is 33.7 Å². The number of nitrogens with one attached hydrogen (secondary N) is 2. The summed E-state index contributed by atoms with van der Waals surface area (Å²) < 4.78 is 0. The second kappa shape index (κ2) is 5.35. The molecule has 18 heavy (non-hydrogen) atoms. The van der Waals surface area contributed by atoms with Crippen molar-refractivity contribution in [1.82, 2.24) is 20.2 Å². The van der Waals surface area contributed by atoms with Crippen LogP contribution in [0.15, 0.2) is 6.20 Å². The van der Waals surface area contributed by atoms with E-state index in [1.54, 1.807) is 6.20 Å². The third-order valence-corrected chi connectivity index (χ3v) is 3.20. The van der Waals surface area contributed by atoms with Gasteiger partial charge in [-0.2, -0.15) is 5.10 Å². The van der Waals surface area contributed by atoms with Gasteiger partial charge >= 0.3 is 0 Å². The second-order valence-electron chi connectivity index (χ2n) is 4.13. The minimum absolute atomic E-state index is 0.508. The number of halogens is 1. The van der Waals surface area contributed by atoms with Crippen molar-refractivity contribution in [3.8, 4) is 0 Å². The highest BCUT2D eigenvalue weighted by molar-refractivity contribution is 6.30. The Bertz CT molecular complexity index is 549. The van der Waals surface area contributed by atoms with E-state index >= 15 is 0 Å². The molecule has 2 heterocycles. The van der Waals surface area contributed by atoms with Crippen LogP contribution in [0, 0.1) is 13.8 Å². The van der Waals surface area contributed by atoms with Crippen LogP contribution in [0.5, 0.6) is 0 Å². The lowest BCUT2D eigenvalue weighted by Gasteiger charge is -2.10. The summed E-state index contributed by atoms with van der Waals surface area (Å²) in [4.78, 5) is 8.65. The Balaban J connectivity index is 2.18. The molecule has 0 spiro atoms. The van der Waals surface area contributed by atoms with Gasteiger partial charge in [0.1, 0.15) is 16.8 Å². The molecule has 0 aliphatic carbocycles. The molecule has 0 unspecified atom stereocenters. The summed E-state index contributed by atoms with van der Waals surface area (Å²) >= 11 is 6.08. The molecule has 2 rings (SSSR count). The summed E-state index contributed by atoms with van der Waals surface area (Å²) in [5.41, 5.74) is 3.04. The molecule has 0 bridgehead atoms. The maximum Gasteiger partial charge on any atom is 0.137 e. The fourth-order valence-electron chi connectivity index (χ4n) is 1.60. The number of aromatic amines is 1. The normalized spacial score (nSPS) is 10.7. The van der Waals surface area contributed by atoms with Crippen molar-refractivity contribution >= 4 is 17.4 Å². The van der Waals surface area contributed by atoms with E-state index in [9.17, 15) is 0 Å². The number of H-pyrrole nitrogens is 1. The minimum Gasteiger partial charge on any atom is -0.365 e. The van der Waals surface area contributed by atoms with E-state index in [2.05, 4.69) is 25.5 Å². The lowest BCUT2D eigenvalue weighted by atomic mass is 10.2. The van der Waals surface area contributed by atoms with Crippen molar-refractivity contribution in [1.29, 1.82) is 0 Å². The van der Waals surface area contributed by atoms with E-state index in [1.165, 1.54) is 0 Å². The molecule has 0 amide bonds. The van der Waals surface area contributed by atoms with Crippen molar-refractivity contribution in [2.75, 3.05) is 5.32 Å². The molecular formula is C12H16ClN5. The second-order valence-corrected chi connectivity index (χ2v) is 4.49. The predicted octanol–water partition coefficient (Wildman–Crippen LogP) is 2.64. The van der Waals surface area contributed by atoms with Gasteiger partial charge < -0.3 is 5.32 Å². The Labute approximate surface area is 111 Å². The first-order chi connectivity index (χ1) is 8.61. The van der Waals surface area contributed by atoms with Crippen molar-refractivity contribution in [2.24, 2.45) is 0 Å².